The molecule has 0 saturated carbocycles. The monoisotopic (exact) mass is 395 g/mol. The summed E-state index contributed by atoms with van der Waals surface area (Å²) in [4.78, 5) is 13.6. The number of sulfone groups is 1. The second-order valence-electron chi connectivity index (χ2n) is 6.71. The maximum atomic E-state index is 15.0. The van der Waals surface area contributed by atoms with Gasteiger partial charge in [-0.05, 0) is 42.8 Å². The minimum Gasteiger partial charge on any atom is -0.497 e. The predicted octanol–water partition coefficient (Wildman–Crippen LogP) is 3.39. The van der Waals surface area contributed by atoms with E-state index in [2.05, 4.69) is 0 Å². The molecule has 2 aromatic carbocycles. The maximum absolute atomic E-state index is 15.0. The molecule has 1 unspecified atom stereocenters. The number of ether oxygens (including phenoxy) is 1. The molecule has 1 atom stereocenters. The number of benzene rings is 2. The number of likely N-dealkylation sites (N-methyl/N-ethyl adjacent to an activating group) is 1. The number of fused-ring (bicyclic) bond motifs is 1. The lowest BCUT2D eigenvalue weighted by atomic mass is 9.80. The highest BCUT2D eigenvalue weighted by Gasteiger charge is 2.57. The number of amides is 1. The van der Waals surface area contributed by atoms with E-state index in [0.29, 0.717) is 17.0 Å². The Morgan fingerprint density at radius 3 is 2.37 bits per heavy atom. The number of anilines is 1. The van der Waals surface area contributed by atoms with Crippen LogP contribution in [0.25, 0.3) is 0 Å². The summed E-state index contributed by atoms with van der Waals surface area (Å²) in [6.45, 7) is 1.34. The van der Waals surface area contributed by atoms with Gasteiger partial charge in [0.15, 0.2) is 0 Å². The summed E-state index contributed by atoms with van der Waals surface area (Å²) >= 11 is 0. The third-order valence-corrected chi connectivity index (χ3v) is 6.77. The summed E-state index contributed by atoms with van der Waals surface area (Å²) in [6.07, 6.45) is -1.17. The van der Waals surface area contributed by atoms with Crippen LogP contribution in [-0.4, -0.2) is 33.7 Å². The van der Waals surface area contributed by atoms with Crippen molar-refractivity contribution in [2.45, 2.75) is 28.9 Å². The molecule has 3 rings (SSSR count). The molecule has 1 amide bonds. The number of carbonyl (C=O) groups is 1. The SMILES string of the molecule is COc1ccc2c(c1)C(C)(CC(F)(F)S(=O)(=O)c1ccccc1)C(=O)N2C. The number of alkyl halides is 2. The zero-order valence-corrected chi connectivity index (χ0v) is 15.9. The fourth-order valence-corrected chi connectivity index (χ4v) is 4.76. The van der Waals surface area contributed by atoms with E-state index in [1.807, 2.05) is 0 Å². The maximum Gasteiger partial charge on any atom is 0.351 e. The third kappa shape index (κ3) is 2.88. The van der Waals surface area contributed by atoms with Crippen molar-refractivity contribution in [1.82, 2.24) is 0 Å². The van der Waals surface area contributed by atoms with E-state index in [4.69, 9.17) is 4.74 Å². The topological polar surface area (TPSA) is 63.7 Å². The normalized spacial score (nSPS) is 19.9. The molecule has 8 heteroatoms. The summed E-state index contributed by atoms with van der Waals surface area (Å²) in [5, 5.41) is -4.13. The van der Waals surface area contributed by atoms with Crippen molar-refractivity contribution in [3.8, 4) is 5.75 Å². The van der Waals surface area contributed by atoms with Gasteiger partial charge in [-0.2, -0.15) is 8.78 Å². The van der Waals surface area contributed by atoms with Gasteiger partial charge in [0, 0.05) is 19.2 Å². The molecule has 1 heterocycles. The number of halogens is 2. The standard InChI is InChI=1S/C19H19F2NO4S/c1-18(12-19(20,21)27(24,25)14-7-5-4-6-8-14)15-11-13(26-3)9-10-16(15)22(2)17(18)23/h4-11H,12H2,1-3H3. The van der Waals surface area contributed by atoms with Gasteiger partial charge in [0.1, 0.15) is 5.75 Å². The molecule has 0 N–H and O–H groups in total. The van der Waals surface area contributed by atoms with Gasteiger partial charge in [-0.1, -0.05) is 18.2 Å². The second-order valence-corrected chi connectivity index (χ2v) is 8.79. The van der Waals surface area contributed by atoms with Gasteiger partial charge in [0.25, 0.3) is 0 Å². The molecule has 1 aliphatic heterocycles. The first-order valence-electron chi connectivity index (χ1n) is 8.19. The minimum absolute atomic E-state index is 0.317. The summed E-state index contributed by atoms with van der Waals surface area (Å²) in [7, 11) is -2.06. The zero-order chi connectivity index (χ0) is 20.0. The highest BCUT2D eigenvalue weighted by molar-refractivity contribution is 7.92. The van der Waals surface area contributed by atoms with E-state index < -0.39 is 37.7 Å². The van der Waals surface area contributed by atoms with Crippen LogP contribution in [-0.2, 0) is 20.0 Å². The van der Waals surface area contributed by atoms with Gasteiger partial charge in [-0.3, -0.25) is 4.79 Å². The molecular formula is C19H19F2NO4S. The molecule has 0 saturated heterocycles. The van der Waals surface area contributed by atoms with Crippen LogP contribution in [0.3, 0.4) is 0 Å². The van der Waals surface area contributed by atoms with E-state index in [0.717, 1.165) is 12.1 Å². The molecule has 0 spiro atoms. The zero-order valence-electron chi connectivity index (χ0n) is 15.1. The summed E-state index contributed by atoms with van der Waals surface area (Å²) < 4.78 is 60.1. The molecule has 2 aromatic rings. The molecule has 0 fully saturated rings. The van der Waals surface area contributed by atoms with Gasteiger partial charge < -0.3 is 9.64 Å². The fourth-order valence-electron chi connectivity index (χ4n) is 3.42. The molecule has 0 aromatic heterocycles. The third-order valence-electron chi connectivity index (χ3n) is 4.94. The number of hydrogen-bond donors (Lipinski definition) is 0. The molecule has 0 aliphatic carbocycles. The van der Waals surface area contributed by atoms with Crippen LogP contribution in [0.4, 0.5) is 14.5 Å². The van der Waals surface area contributed by atoms with Crippen LogP contribution < -0.4 is 9.64 Å². The lowest BCUT2D eigenvalue weighted by Crippen LogP contribution is -2.43. The van der Waals surface area contributed by atoms with Crippen LogP contribution in [0.2, 0.25) is 0 Å². The van der Waals surface area contributed by atoms with Crippen LogP contribution in [0.15, 0.2) is 53.4 Å². The van der Waals surface area contributed by atoms with E-state index in [-0.39, 0.29) is 0 Å². The van der Waals surface area contributed by atoms with Gasteiger partial charge in [-0.25, -0.2) is 8.42 Å². The molecule has 0 bridgehead atoms. The first-order valence-corrected chi connectivity index (χ1v) is 9.67. The molecule has 1 aliphatic rings. The average molecular weight is 395 g/mol. The lowest BCUT2D eigenvalue weighted by molar-refractivity contribution is -0.124. The quantitative estimate of drug-likeness (QED) is 0.779. The fraction of sp³-hybridized carbons (Fsp3) is 0.316. The second kappa shape index (κ2) is 6.30. The number of carbonyl (C=O) groups excluding carboxylic acids is 1. The van der Waals surface area contributed by atoms with Crippen molar-refractivity contribution in [1.29, 1.82) is 0 Å². The van der Waals surface area contributed by atoms with Gasteiger partial charge in [0.2, 0.25) is 15.7 Å². The van der Waals surface area contributed by atoms with E-state index in [1.54, 1.807) is 12.1 Å². The van der Waals surface area contributed by atoms with E-state index in [1.165, 1.54) is 50.2 Å². The average Bonchev–Trinajstić information content (AvgIpc) is 2.83. The first-order chi connectivity index (χ1) is 12.5. The Bertz CT molecular complexity index is 992. The van der Waals surface area contributed by atoms with Crippen molar-refractivity contribution < 1.29 is 26.7 Å². The van der Waals surface area contributed by atoms with Gasteiger partial charge >= 0.3 is 5.25 Å². The Labute approximate surface area is 156 Å². The predicted molar refractivity (Wildman–Crippen MR) is 96.9 cm³/mol. The summed E-state index contributed by atoms with van der Waals surface area (Å²) in [6, 6.07) is 11.2. The molecule has 5 nitrogen and oxygen atoms in total. The Morgan fingerprint density at radius 1 is 1.15 bits per heavy atom. The highest BCUT2D eigenvalue weighted by atomic mass is 32.2. The van der Waals surface area contributed by atoms with Crippen LogP contribution >= 0.6 is 0 Å². The van der Waals surface area contributed by atoms with Crippen molar-refractivity contribution >= 4 is 21.4 Å². The molecule has 0 radical (unpaired) electrons. The number of hydrogen-bond acceptors (Lipinski definition) is 4. The van der Waals surface area contributed by atoms with Crippen LogP contribution in [0.5, 0.6) is 5.75 Å². The number of methoxy groups -OCH3 is 1. The van der Waals surface area contributed by atoms with Crippen molar-refractivity contribution in [2.24, 2.45) is 0 Å². The first kappa shape index (κ1) is 19.3. The Hall–Kier alpha value is -2.48. The smallest absolute Gasteiger partial charge is 0.351 e. The van der Waals surface area contributed by atoms with E-state index in [9.17, 15) is 22.0 Å². The molecular weight excluding hydrogens is 376 g/mol. The number of rotatable bonds is 5. The number of nitrogens with zero attached hydrogens (tertiary/aromatic N) is 1. The highest BCUT2D eigenvalue weighted by Crippen LogP contribution is 2.49. The Kier molecular flexibility index (Phi) is 4.50. The largest absolute Gasteiger partial charge is 0.497 e. The van der Waals surface area contributed by atoms with Crippen molar-refractivity contribution in [2.75, 3.05) is 19.1 Å². The minimum atomic E-state index is -4.96. The van der Waals surface area contributed by atoms with Gasteiger partial charge in [-0.15, -0.1) is 0 Å². The van der Waals surface area contributed by atoms with E-state index >= 15 is 0 Å². The van der Waals surface area contributed by atoms with Crippen LogP contribution in [0.1, 0.15) is 18.9 Å². The lowest BCUT2D eigenvalue weighted by Gasteiger charge is -2.28. The van der Waals surface area contributed by atoms with Crippen molar-refractivity contribution in [3.63, 3.8) is 0 Å². The van der Waals surface area contributed by atoms with Crippen molar-refractivity contribution in [3.05, 3.63) is 54.1 Å². The molecule has 144 valence electrons. The Morgan fingerprint density at radius 2 is 1.78 bits per heavy atom. The van der Waals surface area contributed by atoms with Crippen LogP contribution in [0, 0.1) is 0 Å². The summed E-state index contributed by atoms with van der Waals surface area (Å²) in [5.74, 6) is -0.189. The van der Waals surface area contributed by atoms with Gasteiger partial charge in [0.05, 0.1) is 17.4 Å². The molecule has 27 heavy (non-hydrogen) atoms. The Balaban J connectivity index is 2.08. The summed E-state index contributed by atoms with van der Waals surface area (Å²) in [5.41, 5.74) is -0.933.